The Morgan fingerprint density at radius 1 is 1.15 bits per heavy atom. The summed E-state index contributed by atoms with van der Waals surface area (Å²) in [6.07, 6.45) is 4.94. The molecule has 6 heteroatoms. The van der Waals surface area contributed by atoms with Crippen molar-refractivity contribution in [1.82, 2.24) is 9.80 Å². The van der Waals surface area contributed by atoms with Crippen LogP contribution < -0.4 is 4.74 Å². The molecule has 27 heavy (non-hydrogen) atoms. The molecule has 6 nitrogen and oxygen atoms in total. The van der Waals surface area contributed by atoms with Crippen molar-refractivity contribution >= 4 is 5.97 Å². The lowest BCUT2D eigenvalue weighted by Gasteiger charge is -2.38. The molecular weight excluding hydrogens is 344 g/mol. The molecule has 1 N–H and O–H groups in total. The molecule has 3 rings (SSSR count). The van der Waals surface area contributed by atoms with Gasteiger partial charge in [-0.2, -0.15) is 0 Å². The fourth-order valence-electron chi connectivity index (χ4n) is 4.03. The van der Waals surface area contributed by atoms with E-state index in [9.17, 15) is 9.90 Å². The van der Waals surface area contributed by atoms with E-state index in [1.54, 1.807) is 31.2 Å². The summed E-state index contributed by atoms with van der Waals surface area (Å²) in [6, 6.07) is 7.63. The van der Waals surface area contributed by atoms with Crippen LogP contribution >= 0.6 is 0 Å². The highest BCUT2D eigenvalue weighted by Gasteiger charge is 2.26. The van der Waals surface area contributed by atoms with Gasteiger partial charge in [0.05, 0.1) is 12.2 Å². The fraction of sp³-hybridized carbons (Fsp3) is 0.667. The maximum absolute atomic E-state index is 11.6. The van der Waals surface area contributed by atoms with E-state index in [1.165, 1.54) is 25.7 Å². The van der Waals surface area contributed by atoms with Gasteiger partial charge in [0.2, 0.25) is 0 Å². The van der Waals surface area contributed by atoms with Gasteiger partial charge in [0.25, 0.3) is 0 Å². The van der Waals surface area contributed by atoms with Crippen molar-refractivity contribution < 1.29 is 19.4 Å². The molecule has 2 aliphatic rings. The van der Waals surface area contributed by atoms with E-state index >= 15 is 0 Å². The van der Waals surface area contributed by atoms with Crippen molar-refractivity contribution in [1.29, 1.82) is 0 Å². The predicted molar refractivity (Wildman–Crippen MR) is 104 cm³/mol. The maximum atomic E-state index is 11.6. The number of carbonyl (C=O) groups is 1. The minimum atomic E-state index is -0.521. The van der Waals surface area contributed by atoms with Gasteiger partial charge < -0.3 is 14.6 Å². The van der Waals surface area contributed by atoms with Crippen LogP contribution in [0.5, 0.6) is 5.75 Å². The quantitative estimate of drug-likeness (QED) is 0.702. The molecule has 1 aromatic rings. The molecule has 0 aromatic heterocycles. The summed E-state index contributed by atoms with van der Waals surface area (Å²) < 4.78 is 10.6. The molecule has 1 unspecified atom stereocenters. The summed E-state index contributed by atoms with van der Waals surface area (Å²) in [5.74, 6) is 0.314. The molecule has 0 spiro atoms. The van der Waals surface area contributed by atoms with Gasteiger partial charge in [-0.1, -0.05) is 12.8 Å². The van der Waals surface area contributed by atoms with Gasteiger partial charge >= 0.3 is 5.97 Å². The number of β-amino-alcohol motifs (C(OH)–C–C–N with tert-alkyl or cyclic N) is 1. The number of nitrogens with zero attached hydrogens (tertiary/aromatic N) is 2. The Morgan fingerprint density at radius 3 is 2.44 bits per heavy atom. The van der Waals surface area contributed by atoms with Gasteiger partial charge in [-0.05, 0) is 44.0 Å². The minimum Gasteiger partial charge on any atom is -0.491 e. The molecule has 0 radical (unpaired) electrons. The number of ether oxygens (including phenoxy) is 2. The molecular formula is C21H32N2O4. The standard InChI is InChI=1S/C21H32N2O4/c1-2-26-21(25)17-7-9-20(10-8-17)27-16-19(24)15-22-11-13-23(14-12-22)18-5-3-4-6-18/h7-10,18-19,24H,2-6,11-16H2,1H3. The average molecular weight is 376 g/mol. The highest BCUT2D eigenvalue weighted by atomic mass is 16.5. The van der Waals surface area contributed by atoms with Crippen LogP contribution in [0.4, 0.5) is 0 Å². The predicted octanol–water partition coefficient (Wildman–Crippen LogP) is 2.16. The topological polar surface area (TPSA) is 62.2 Å². The number of benzene rings is 1. The van der Waals surface area contributed by atoms with Crippen LogP contribution in [-0.4, -0.2) is 79.0 Å². The fourth-order valence-corrected chi connectivity index (χ4v) is 4.03. The monoisotopic (exact) mass is 376 g/mol. The van der Waals surface area contributed by atoms with Gasteiger partial charge in [-0.25, -0.2) is 4.79 Å². The maximum Gasteiger partial charge on any atom is 0.338 e. The second kappa shape index (κ2) is 10.1. The number of carbonyl (C=O) groups excluding carboxylic acids is 1. The minimum absolute atomic E-state index is 0.252. The zero-order valence-corrected chi connectivity index (χ0v) is 16.3. The number of esters is 1. The zero-order chi connectivity index (χ0) is 19.1. The molecule has 0 bridgehead atoms. The molecule has 150 valence electrons. The Morgan fingerprint density at radius 2 is 1.81 bits per heavy atom. The Labute approximate surface area is 162 Å². The molecule has 1 saturated carbocycles. The summed E-state index contributed by atoms with van der Waals surface area (Å²) in [6.45, 7) is 7.27. The molecule has 1 atom stereocenters. The van der Waals surface area contributed by atoms with E-state index in [4.69, 9.17) is 9.47 Å². The third-order valence-corrected chi connectivity index (χ3v) is 5.52. The molecule has 1 heterocycles. The lowest BCUT2D eigenvalue weighted by atomic mass is 10.1. The van der Waals surface area contributed by atoms with Gasteiger partial charge in [0, 0.05) is 38.8 Å². The van der Waals surface area contributed by atoms with Crippen LogP contribution in [0.2, 0.25) is 0 Å². The number of aliphatic hydroxyl groups excluding tert-OH is 1. The van der Waals surface area contributed by atoms with E-state index < -0.39 is 6.10 Å². The molecule has 2 fully saturated rings. The van der Waals surface area contributed by atoms with Gasteiger partial charge in [0.1, 0.15) is 18.5 Å². The number of hydrogen-bond acceptors (Lipinski definition) is 6. The van der Waals surface area contributed by atoms with Crippen molar-refractivity contribution in [2.75, 3.05) is 45.9 Å². The van der Waals surface area contributed by atoms with Crippen LogP contribution in [0.25, 0.3) is 0 Å². The number of rotatable bonds is 8. The van der Waals surface area contributed by atoms with Crippen LogP contribution in [0, 0.1) is 0 Å². The van der Waals surface area contributed by atoms with Crippen molar-refractivity contribution in [2.24, 2.45) is 0 Å². The first-order chi connectivity index (χ1) is 13.2. The lowest BCUT2D eigenvalue weighted by Crippen LogP contribution is -2.51. The lowest BCUT2D eigenvalue weighted by molar-refractivity contribution is 0.0369. The van der Waals surface area contributed by atoms with Gasteiger partial charge in [-0.15, -0.1) is 0 Å². The second-order valence-electron chi connectivity index (χ2n) is 7.48. The molecule has 0 amide bonds. The molecule has 1 aromatic carbocycles. The normalized spacial score (nSPS) is 20.5. The molecule has 1 aliphatic carbocycles. The first kappa shape index (κ1) is 20.1. The highest BCUT2D eigenvalue weighted by molar-refractivity contribution is 5.89. The number of hydrogen-bond donors (Lipinski definition) is 1. The van der Waals surface area contributed by atoms with Crippen LogP contribution in [-0.2, 0) is 4.74 Å². The summed E-state index contributed by atoms with van der Waals surface area (Å²) in [7, 11) is 0. The summed E-state index contributed by atoms with van der Waals surface area (Å²) in [5.41, 5.74) is 0.505. The van der Waals surface area contributed by atoms with E-state index in [1.807, 2.05) is 0 Å². The van der Waals surface area contributed by atoms with Crippen LogP contribution in [0.1, 0.15) is 43.0 Å². The number of aliphatic hydroxyl groups is 1. The van der Waals surface area contributed by atoms with Crippen LogP contribution in [0.3, 0.4) is 0 Å². The smallest absolute Gasteiger partial charge is 0.338 e. The highest BCUT2D eigenvalue weighted by Crippen LogP contribution is 2.24. The summed E-state index contributed by atoms with van der Waals surface area (Å²) >= 11 is 0. The number of piperazine rings is 1. The SMILES string of the molecule is CCOC(=O)c1ccc(OCC(O)CN2CCN(C3CCCC3)CC2)cc1. The van der Waals surface area contributed by atoms with Crippen molar-refractivity contribution in [2.45, 2.75) is 44.8 Å². The molecule has 1 saturated heterocycles. The Kier molecular flexibility index (Phi) is 7.50. The zero-order valence-electron chi connectivity index (χ0n) is 16.3. The summed E-state index contributed by atoms with van der Waals surface area (Å²) in [4.78, 5) is 16.6. The average Bonchev–Trinajstić information content (AvgIpc) is 3.22. The first-order valence-electron chi connectivity index (χ1n) is 10.2. The summed E-state index contributed by atoms with van der Waals surface area (Å²) in [5, 5.41) is 10.3. The van der Waals surface area contributed by atoms with Gasteiger partial charge in [0.15, 0.2) is 0 Å². The Bertz CT molecular complexity index is 578. The Hall–Kier alpha value is -1.63. The van der Waals surface area contributed by atoms with Gasteiger partial charge in [-0.3, -0.25) is 9.80 Å². The van der Waals surface area contributed by atoms with E-state index in [0.29, 0.717) is 24.5 Å². The largest absolute Gasteiger partial charge is 0.491 e. The second-order valence-corrected chi connectivity index (χ2v) is 7.48. The molecule has 1 aliphatic heterocycles. The van der Waals surface area contributed by atoms with E-state index in [2.05, 4.69) is 9.80 Å². The van der Waals surface area contributed by atoms with E-state index in [-0.39, 0.29) is 12.6 Å². The third kappa shape index (κ3) is 5.92. The van der Waals surface area contributed by atoms with Crippen molar-refractivity contribution in [3.8, 4) is 5.75 Å². The Balaban J connectivity index is 1.36. The van der Waals surface area contributed by atoms with Crippen molar-refractivity contribution in [3.05, 3.63) is 29.8 Å². The van der Waals surface area contributed by atoms with Crippen molar-refractivity contribution in [3.63, 3.8) is 0 Å². The van der Waals surface area contributed by atoms with Crippen LogP contribution in [0.15, 0.2) is 24.3 Å². The third-order valence-electron chi connectivity index (χ3n) is 5.52. The van der Waals surface area contributed by atoms with E-state index in [0.717, 1.165) is 32.2 Å². The first-order valence-corrected chi connectivity index (χ1v) is 10.2.